The van der Waals surface area contributed by atoms with Crippen LogP contribution in [0.3, 0.4) is 0 Å². The average molecular weight is 446 g/mol. The first-order valence-corrected chi connectivity index (χ1v) is 11.8. The van der Waals surface area contributed by atoms with Crippen molar-refractivity contribution in [1.82, 2.24) is 0 Å². The highest BCUT2D eigenvalue weighted by Gasteiger charge is 2.17. The number of aromatic hydroxyl groups is 2. The lowest BCUT2D eigenvalue weighted by Gasteiger charge is -2.19. The molecular formula is C30H39NO2. The fraction of sp³-hybridized carbons (Fsp3) is 0.367. The minimum atomic E-state index is -0.0728. The molecule has 0 bridgehead atoms. The van der Waals surface area contributed by atoms with Crippen molar-refractivity contribution in [3.05, 3.63) is 94.6 Å². The molecule has 3 N–H and O–H groups in total. The van der Waals surface area contributed by atoms with Gasteiger partial charge < -0.3 is 15.6 Å². The third-order valence-corrected chi connectivity index (χ3v) is 5.89. The molecule has 0 aromatic heterocycles. The van der Waals surface area contributed by atoms with Gasteiger partial charge in [-0.2, -0.15) is 0 Å². The molecule has 0 fully saturated rings. The second-order valence-electron chi connectivity index (χ2n) is 9.20. The van der Waals surface area contributed by atoms with Gasteiger partial charge in [-0.3, -0.25) is 0 Å². The van der Waals surface area contributed by atoms with Gasteiger partial charge in [0.2, 0.25) is 0 Å². The quantitative estimate of drug-likeness (QED) is 0.227. The molecular weight excluding hydrogens is 406 g/mol. The van der Waals surface area contributed by atoms with Crippen LogP contribution in [0.25, 0.3) is 0 Å². The summed E-state index contributed by atoms with van der Waals surface area (Å²) in [6.45, 7) is 8.64. The van der Waals surface area contributed by atoms with E-state index >= 15 is 0 Å². The fourth-order valence-corrected chi connectivity index (χ4v) is 3.78. The summed E-state index contributed by atoms with van der Waals surface area (Å²) in [5, 5.41) is 28.1. The molecule has 2 aromatic rings. The van der Waals surface area contributed by atoms with E-state index in [0.29, 0.717) is 18.6 Å². The molecule has 2 aromatic carbocycles. The lowest BCUT2D eigenvalue weighted by Crippen LogP contribution is -2.14. The first-order chi connectivity index (χ1) is 15.7. The Labute approximate surface area is 199 Å². The third kappa shape index (κ3) is 9.95. The smallest absolute Gasteiger partial charge is 0.115 e. The zero-order chi connectivity index (χ0) is 24.2. The number of nitrogens with one attached hydrogen (secondary N) is 1. The zero-order valence-electron chi connectivity index (χ0n) is 20.6. The Kier molecular flexibility index (Phi) is 10.7. The van der Waals surface area contributed by atoms with Crippen LogP contribution < -0.4 is 0 Å². The van der Waals surface area contributed by atoms with Crippen LogP contribution in [0.15, 0.2) is 83.5 Å². The minimum absolute atomic E-state index is 0.0728. The van der Waals surface area contributed by atoms with Crippen LogP contribution in [-0.4, -0.2) is 15.9 Å². The van der Waals surface area contributed by atoms with Gasteiger partial charge in [0, 0.05) is 18.1 Å². The van der Waals surface area contributed by atoms with Crippen molar-refractivity contribution in [2.45, 2.75) is 72.1 Å². The summed E-state index contributed by atoms with van der Waals surface area (Å²) in [7, 11) is 0. The van der Waals surface area contributed by atoms with Gasteiger partial charge in [0.15, 0.2) is 0 Å². The molecule has 0 aliphatic heterocycles. The van der Waals surface area contributed by atoms with Gasteiger partial charge in [-0.25, -0.2) is 0 Å². The van der Waals surface area contributed by atoms with Crippen LogP contribution in [0.2, 0.25) is 0 Å². The Morgan fingerprint density at radius 1 is 0.758 bits per heavy atom. The number of phenolic OH excluding ortho intramolecular Hbond substituents is 2. The summed E-state index contributed by atoms with van der Waals surface area (Å²) >= 11 is 0. The van der Waals surface area contributed by atoms with Gasteiger partial charge in [-0.1, -0.05) is 59.2 Å². The van der Waals surface area contributed by atoms with Crippen LogP contribution in [0.4, 0.5) is 0 Å². The fourth-order valence-electron chi connectivity index (χ4n) is 3.78. The molecule has 0 aliphatic rings. The minimum Gasteiger partial charge on any atom is -0.508 e. The molecule has 0 radical (unpaired) electrons. The predicted octanol–water partition coefficient (Wildman–Crippen LogP) is 8.25. The monoisotopic (exact) mass is 445 g/mol. The number of hydrogen-bond acceptors (Lipinski definition) is 3. The topological polar surface area (TPSA) is 64.3 Å². The Morgan fingerprint density at radius 3 is 1.85 bits per heavy atom. The molecule has 0 amide bonds. The average Bonchev–Trinajstić information content (AvgIpc) is 2.77. The predicted molar refractivity (Wildman–Crippen MR) is 140 cm³/mol. The maximum Gasteiger partial charge on any atom is 0.115 e. The lowest BCUT2D eigenvalue weighted by atomic mass is 9.86. The number of hydrogen-bond donors (Lipinski definition) is 3. The largest absolute Gasteiger partial charge is 0.508 e. The first-order valence-electron chi connectivity index (χ1n) is 11.8. The van der Waals surface area contributed by atoms with Gasteiger partial charge in [0.05, 0.1) is 0 Å². The zero-order valence-corrected chi connectivity index (χ0v) is 20.6. The summed E-state index contributed by atoms with van der Waals surface area (Å²) in [6.07, 6.45) is 12.4. The molecule has 0 heterocycles. The van der Waals surface area contributed by atoms with E-state index < -0.39 is 0 Å². The van der Waals surface area contributed by atoms with Crippen molar-refractivity contribution < 1.29 is 10.2 Å². The van der Waals surface area contributed by atoms with E-state index in [0.717, 1.165) is 36.8 Å². The Bertz CT molecular complexity index is 975. The molecule has 0 saturated heterocycles. The van der Waals surface area contributed by atoms with E-state index in [-0.39, 0.29) is 17.4 Å². The first kappa shape index (κ1) is 26.2. The van der Waals surface area contributed by atoms with Crippen LogP contribution in [0.5, 0.6) is 11.5 Å². The molecule has 1 atom stereocenters. The molecule has 3 nitrogen and oxygen atoms in total. The molecule has 0 aliphatic carbocycles. The van der Waals surface area contributed by atoms with Crippen LogP contribution in [-0.2, 0) is 6.42 Å². The highest BCUT2D eigenvalue weighted by Crippen LogP contribution is 2.27. The maximum atomic E-state index is 9.67. The Hall–Kier alpha value is -3.07. The molecule has 2 rings (SSSR count). The summed E-state index contributed by atoms with van der Waals surface area (Å²) in [5.74, 6) is 0.403. The number of benzene rings is 2. The Morgan fingerprint density at radius 2 is 1.27 bits per heavy atom. The summed E-state index contributed by atoms with van der Waals surface area (Å²) in [4.78, 5) is 0. The molecule has 33 heavy (non-hydrogen) atoms. The number of phenols is 2. The second-order valence-corrected chi connectivity index (χ2v) is 9.20. The van der Waals surface area contributed by atoms with Crippen LogP contribution in [0, 0.1) is 5.41 Å². The van der Waals surface area contributed by atoms with Crippen molar-refractivity contribution in [1.29, 1.82) is 5.41 Å². The van der Waals surface area contributed by atoms with E-state index in [1.54, 1.807) is 24.3 Å². The molecule has 1 unspecified atom stereocenters. The number of allylic oxidation sites excluding steroid dienone is 6. The second kappa shape index (κ2) is 13.5. The summed E-state index contributed by atoms with van der Waals surface area (Å²) in [5.41, 5.74) is 6.87. The third-order valence-electron chi connectivity index (χ3n) is 5.89. The highest BCUT2D eigenvalue weighted by atomic mass is 16.3. The Balaban J connectivity index is 1.99. The van der Waals surface area contributed by atoms with E-state index in [2.05, 4.69) is 45.9 Å². The maximum absolute atomic E-state index is 9.67. The van der Waals surface area contributed by atoms with Crippen molar-refractivity contribution in [2.75, 3.05) is 0 Å². The van der Waals surface area contributed by atoms with Crippen LogP contribution in [0.1, 0.15) is 76.8 Å². The van der Waals surface area contributed by atoms with Gasteiger partial charge >= 0.3 is 0 Å². The summed E-state index contributed by atoms with van der Waals surface area (Å²) < 4.78 is 0. The molecule has 176 valence electrons. The van der Waals surface area contributed by atoms with Crippen LogP contribution >= 0.6 is 0 Å². The van der Waals surface area contributed by atoms with Gasteiger partial charge in [0.1, 0.15) is 11.5 Å². The van der Waals surface area contributed by atoms with Crippen molar-refractivity contribution in [3.8, 4) is 11.5 Å². The SMILES string of the molecule is CC(C)=CCC/C(C)=C/CC/C(C)=C/CC(=N)C(Cc1ccc(O)cc1)c1ccc(O)cc1. The van der Waals surface area contributed by atoms with Gasteiger partial charge in [-0.15, -0.1) is 0 Å². The van der Waals surface area contributed by atoms with Gasteiger partial charge in [-0.05, 0) is 95.2 Å². The lowest BCUT2D eigenvalue weighted by molar-refractivity contribution is 0.474. The molecule has 3 heteroatoms. The summed E-state index contributed by atoms with van der Waals surface area (Å²) in [6, 6.07) is 14.3. The van der Waals surface area contributed by atoms with Crippen molar-refractivity contribution in [2.24, 2.45) is 0 Å². The number of rotatable bonds is 12. The van der Waals surface area contributed by atoms with Crippen molar-refractivity contribution in [3.63, 3.8) is 0 Å². The van der Waals surface area contributed by atoms with E-state index in [9.17, 15) is 10.2 Å². The van der Waals surface area contributed by atoms with Gasteiger partial charge in [0.25, 0.3) is 0 Å². The van der Waals surface area contributed by atoms with Crippen molar-refractivity contribution >= 4 is 5.71 Å². The molecule has 0 saturated carbocycles. The highest BCUT2D eigenvalue weighted by molar-refractivity contribution is 5.89. The van der Waals surface area contributed by atoms with E-state index in [4.69, 9.17) is 5.41 Å². The van der Waals surface area contributed by atoms with E-state index in [1.165, 1.54) is 16.7 Å². The van der Waals surface area contributed by atoms with E-state index in [1.807, 2.05) is 24.3 Å². The molecule has 0 spiro atoms. The standard InChI is InChI=1S/C30H39NO2/c1-22(2)7-5-8-23(3)9-6-10-24(4)11-20-30(31)29(26-14-18-28(33)19-15-26)21-25-12-16-27(32)17-13-25/h7,9,11-19,29,31-33H,5-6,8,10,20-21H2,1-4H3/b23-9+,24-11+,31-30?. The normalized spacial score (nSPS) is 13.0.